The number of nitrogens with one attached hydrogen (secondary N) is 1. The first-order chi connectivity index (χ1) is 18.1. The number of fused-ring (bicyclic) bond motifs is 1. The molecule has 1 amide bonds. The van der Waals surface area contributed by atoms with E-state index in [0.29, 0.717) is 18.1 Å². The highest BCUT2D eigenvalue weighted by Gasteiger charge is 2.53. The van der Waals surface area contributed by atoms with E-state index in [1.54, 1.807) is 6.07 Å². The molecule has 2 aliphatic carbocycles. The van der Waals surface area contributed by atoms with Crippen LogP contribution in [0.3, 0.4) is 0 Å². The molecule has 200 valence electrons. The molecule has 2 saturated carbocycles. The molecule has 0 bridgehead atoms. The van der Waals surface area contributed by atoms with E-state index in [1.807, 2.05) is 19.2 Å². The number of piperidine rings is 1. The molecular formula is C32H44N2O3. The summed E-state index contributed by atoms with van der Waals surface area (Å²) < 4.78 is 6.13. The van der Waals surface area contributed by atoms with Gasteiger partial charge in [0.1, 0.15) is 5.75 Å². The second-order valence-electron chi connectivity index (χ2n) is 11.8. The molecule has 2 aromatic carbocycles. The van der Waals surface area contributed by atoms with Crippen molar-refractivity contribution >= 4 is 5.91 Å². The Morgan fingerprint density at radius 3 is 2.70 bits per heavy atom. The number of phenolic OH excluding ortho intramolecular Hbond substituents is 1. The van der Waals surface area contributed by atoms with Gasteiger partial charge in [0.15, 0.2) is 0 Å². The number of hydrogen-bond donors (Lipinski definition) is 2. The lowest BCUT2D eigenvalue weighted by Crippen LogP contribution is -2.61. The minimum atomic E-state index is -0.0919. The molecule has 0 spiro atoms. The molecule has 5 nitrogen and oxygen atoms in total. The number of amides is 1. The summed E-state index contributed by atoms with van der Waals surface area (Å²) in [4.78, 5) is 15.6. The van der Waals surface area contributed by atoms with Crippen molar-refractivity contribution in [1.29, 1.82) is 0 Å². The van der Waals surface area contributed by atoms with Gasteiger partial charge in [0.25, 0.3) is 0 Å². The third-order valence-corrected chi connectivity index (χ3v) is 9.13. The molecule has 1 heterocycles. The molecule has 1 unspecified atom stereocenters. The average Bonchev–Trinajstić information content (AvgIpc) is 3.73. The van der Waals surface area contributed by atoms with Crippen LogP contribution in [0.25, 0.3) is 0 Å². The standard InChI is InChI=1S/C32H44N2O3/c1-37-30-20-27(33-31(36)14-7-3-6-11-24-9-4-2-5-10-24)21-32(26-12-8-13-28(35)19-26)17-18-34(23-29(30)32)22-25-15-16-25/h2,4-5,8-10,12-13,19,25,27,29-30,35H,3,6-7,11,14-18,20-23H2,1H3,(H,33,36)/t27-,29-,30?,32-/m0/s1. The van der Waals surface area contributed by atoms with Gasteiger partial charge in [0, 0.05) is 44.0 Å². The van der Waals surface area contributed by atoms with Crippen LogP contribution in [0.1, 0.15) is 68.9 Å². The predicted octanol–water partition coefficient (Wildman–Crippen LogP) is 5.46. The van der Waals surface area contributed by atoms with Gasteiger partial charge in [-0.2, -0.15) is 0 Å². The number of phenols is 1. The van der Waals surface area contributed by atoms with Crippen molar-refractivity contribution in [3.63, 3.8) is 0 Å². The van der Waals surface area contributed by atoms with Crippen LogP contribution in [0.15, 0.2) is 54.6 Å². The van der Waals surface area contributed by atoms with Gasteiger partial charge in [-0.3, -0.25) is 4.79 Å². The minimum absolute atomic E-state index is 0.0919. The Hall–Kier alpha value is -2.37. The molecule has 5 heteroatoms. The van der Waals surface area contributed by atoms with Crippen molar-refractivity contribution in [2.75, 3.05) is 26.7 Å². The highest BCUT2D eigenvalue weighted by Crippen LogP contribution is 2.51. The van der Waals surface area contributed by atoms with E-state index in [1.165, 1.54) is 30.5 Å². The number of nitrogens with zero attached hydrogens (tertiary/aromatic N) is 1. The van der Waals surface area contributed by atoms with Crippen molar-refractivity contribution < 1.29 is 14.6 Å². The number of rotatable bonds is 11. The Kier molecular flexibility index (Phi) is 8.51. The summed E-state index contributed by atoms with van der Waals surface area (Å²) in [5, 5.41) is 13.7. The van der Waals surface area contributed by atoms with E-state index in [4.69, 9.17) is 4.74 Å². The molecule has 0 aromatic heterocycles. The Morgan fingerprint density at radius 1 is 1.11 bits per heavy atom. The number of methoxy groups -OCH3 is 1. The lowest BCUT2D eigenvalue weighted by molar-refractivity contribution is -0.124. The Morgan fingerprint density at radius 2 is 1.95 bits per heavy atom. The lowest BCUT2D eigenvalue weighted by Gasteiger charge is -2.55. The normalized spacial score (nSPS) is 28.0. The zero-order valence-electron chi connectivity index (χ0n) is 22.4. The minimum Gasteiger partial charge on any atom is -0.508 e. The van der Waals surface area contributed by atoms with Gasteiger partial charge in [-0.25, -0.2) is 0 Å². The van der Waals surface area contributed by atoms with Gasteiger partial charge in [0.05, 0.1) is 6.10 Å². The monoisotopic (exact) mass is 504 g/mol. The summed E-state index contributed by atoms with van der Waals surface area (Å²) in [6, 6.07) is 18.5. The molecule has 4 atom stereocenters. The van der Waals surface area contributed by atoms with Gasteiger partial charge < -0.3 is 20.1 Å². The molecule has 5 rings (SSSR count). The summed E-state index contributed by atoms with van der Waals surface area (Å²) in [6.07, 6.45) is 10.4. The van der Waals surface area contributed by atoms with Crippen molar-refractivity contribution in [3.05, 3.63) is 65.7 Å². The van der Waals surface area contributed by atoms with Crippen LogP contribution in [0, 0.1) is 11.8 Å². The van der Waals surface area contributed by atoms with Crippen LogP contribution in [0.2, 0.25) is 0 Å². The van der Waals surface area contributed by atoms with Crippen LogP contribution in [-0.2, 0) is 21.4 Å². The number of hydrogen-bond acceptors (Lipinski definition) is 4. The average molecular weight is 505 g/mol. The molecule has 2 N–H and O–H groups in total. The highest BCUT2D eigenvalue weighted by molar-refractivity contribution is 5.76. The number of benzene rings is 2. The number of unbranched alkanes of at least 4 members (excludes halogenated alkanes) is 2. The van der Waals surface area contributed by atoms with Crippen LogP contribution in [0.4, 0.5) is 0 Å². The third-order valence-electron chi connectivity index (χ3n) is 9.13. The smallest absolute Gasteiger partial charge is 0.220 e. The Balaban J connectivity index is 1.21. The van der Waals surface area contributed by atoms with E-state index in [-0.39, 0.29) is 23.5 Å². The first kappa shape index (κ1) is 26.2. The van der Waals surface area contributed by atoms with Gasteiger partial charge in [-0.1, -0.05) is 48.9 Å². The zero-order valence-corrected chi connectivity index (χ0v) is 22.4. The number of aromatic hydroxyl groups is 1. The molecule has 37 heavy (non-hydrogen) atoms. The van der Waals surface area contributed by atoms with Crippen LogP contribution < -0.4 is 5.32 Å². The molecule has 1 aliphatic heterocycles. The molecule has 2 aromatic rings. The van der Waals surface area contributed by atoms with Gasteiger partial charge in [-0.05, 0) is 87.1 Å². The molecule has 3 fully saturated rings. The summed E-state index contributed by atoms with van der Waals surface area (Å²) in [6.45, 7) is 3.31. The second kappa shape index (κ2) is 12.0. The number of carbonyl (C=O) groups is 1. The Labute approximate surface area is 222 Å². The number of aryl methyl sites for hydroxylation is 1. The largest absolute Gasteiger partial charge is 0.508 e. The topological polar surface area (TPSA) is 61.8 Å². The second-order valence-corrected chi connectivity index (χ2v) is 11.8. The van der Waals surface area contributed by atoms with E-state index < -0.39 is 0 Å². The summed E-state index contributed by atoms with van der Waals surface area (Å²) in [5.41, 5.74) is 2.48. The summed E-state index contributed by atoms with van der Waals surface area (Å²) in [7, 11) is 1.83. The van der Waals surface area contributed by atoms with Crippen molar-refractivity contribution in [3.8, 4) is 5.75 Å². The maximum absolute atomic E-state index is 13.0. The van der Waals surface area contributed by atoms with E-state index >= 15 is 0 Å². The highest BCUT2D eigenvalue weighted by atomic mass is 16.5. The molecule has 1 saturated heterocycles. The fraction of sp³-hybridized carbons (Fsp3) is 0.594. The molecule has 0 radical (unpaired) electrons. The van der Waals surface area contributed by atoms with E-state index in [0.717, 1.165) is 64.0 Å². The van der Waals surface area contributed by atoms with Crippen LogP contribution >= 0.6 is 0 Å². The van der Waals surface area contributed by atoms with Crippen molar-refractivity contribution in [2.45, 2.75) is 81.8 Å². The molecule has 3 aliphatic rings. The number of ether oxygens (including phenoxy) is 1. The summed E-state index contributed by atoms with van der Waals surface area (Å²) in [5.74, 6) is 1.72. The number of carbonyl (C=O) groups excluding carboxylic acids is 1. The Bertz CT molecular complexity index is 1020. The third kappa shape index (κ3) is 6.56. The van der Waals surface area contributed by atoms with Crippen molar-refractivity contribution in [2.24, 2.45) is 11.8 Å². The first-order valence-electron chi connectivity index (χ1n) is 14.4. The van der Waals surface area contributed by atoms with E-state index in [9.17, 15) is 9.90 Å². The number of likely N-dealkylation sites (tertiary alicyclic amines) is 1. The lowest BCUT2D eigenvalue weighted by atomic mass is 9.57. The maximum atomic E-state index is 13.0. The fourth-order valence-corrected chi connectivity index (χ4v) is 7.01. The van der Waals surface area contributed by atoms with Crippen LogP contribution in [0.5, 0.6) is 5.75 Å². The van der Waals surface area contributed by atoms with Gasteiger partial charge >= 0.3 is 0 Å². The van der Waals surface area contributed by atoms with Gasteiger partial charge in [-0.15, -0.1) is 0 Å². The van der Waals surface area contributed by atoms with Crippen LogP contribution in [-0.4, -0.2) is 54.8 Å². The maximum Gasteiger partial charge on any atom is 0.220 e. The first-order valence-corrected chi connectivity index (χ1v) is 14.4. The zero-order chi connectivity index (χ0) is 25.7. The SMILES string of the molecule is COC1C[C@H](NC(=O)CCCCCc2ccccc2)C[C@]2(c3cccc(O)c3)CCN(CC3CC3)C[C@@H]12. The summed E-state index contributed by atoms with van der Waals surface area (Å²) >= 11 is 0. The van der Waals surface area contributed by atoms with E-state index in [2.05, 4.69) is 46.6 Å². The molecular weight excluding hydrogens is 460 g/mol. The van der Waals surface area contributed by atoms with Gasteiger partial charge in [0.2, 0.25) is 5.91 Å². The predicted molar refractivity (Wildman–Crippen MR) is 148 cm³/mol. The quantitative estimate of drug-likeness (QED) is 0.399. The van der Waals surface area contributed by atoms with Crippen molar-refractivity contribution in [1.82, 2.24) is 10.2 Å². The fourth-order valence-electron chi connectivity index (χ4n) is 7.01.